The van der Waals surface area contributed by atoms with E-state index >= 15 is 0 Å². The van der Waals surface area contributed by atoms with Gasteiger partial charge in [0, 0.05) is 19.0 Å². The molecule has 3 heteroatoms. The van der Waals surface area contributed by atoms with Crippen LogP contribution in [0.25, 0.3) is 0 Å². The standard InChI is InChI=1S/C14H26N2O/c1-16(13-8-10-15-11-9-13)14(17)12-6-4-2-3-5-7-12/h12-13,15H,2-11H2,1H3. The highest BCUT2D eigenvalue weighted by molar-refractivity contribution is 5.78. The van der Waals surface area contributed by atoms with Crippen LogP contribution in [0.4, 0.5) is 0 Å². The second-order valence-corrected chi connectivity index (χ2v) is 5.62. The molecule has 0 aromatic carbocycles. The molecule has 1 saturated heterocycles. The van der Waals surface area contributed by atoms with Crippen molar-refractivity contribution in [2.24, 2.45) is 5.92 Å². The third kappa shape index (κ3) is 3.44. The molecule has 1 aliphatic carbocycles. The maximum atomic E-state index is 12.5. The van der Waals surface area contributed by atoms with Gasteiger partial charge in [-0.15, -0.1) is 0 Å². The lowest BCUT2D eigenvalue weighted by atomic mass is 9.96. The number of amides is 1. The zero-order valence-electron chi connectivity index (χ0n) is 11.1. The maximum absolute atomic E-state index is 12.5. The Morgan fingerprint density at radius 1 is 1.00 bits per heavy atom. The van der Waals surface area contributed by atoms with Crippen molar-refractivity contribution in [2.75, 3.05) is 20.1 Å². The average Bonchev–Trinajstić information content (AvgIpc) is 2.67. The number of nitrogens with one attached hydrogen (secondary N) is 1. The summed E-state index contributed by atoms with van der Waals surface area (Å²) in [6.07, 6.45) is 9.61. The number of hydrogen-bond acceptors (Lipinski definition) is 2. The van der Waals surface area contributed by atoms with Gasteiger partial charge in [0.25, 0.3) is 0 Å². The summed E-state index contributed by atoms with van der Waals surface area (Å²) in [5.41, 5.74) is 0. The Hall–Kier alpha value is -0.570. The summed E-state index contributed by atoms with van der Waals surface area (Å²) in [7, 11) is 2.02. The molecule has 2 aliphatic rings. The number of carbonyl (C=O) groups is 1. The average molecular weight is 238 g/mol. The molecule has 1 saturated carbocycles. The van der Waals surface area contributed by atoms with Crippen LogP contribution in [0.3, 0.4) is 0 Å². The van der Waals surface area contributed by atoms with Gasteiger partial charge in [-0.05, 0) is 38.8 Å². The largest absolute Gasteiger partial charge is 0.342 e. The van der Waals surface area contributed by atoms with Crippen molar-refractivity contribution >= 4 is 5.91 Å². The molecule has 1 aliphatic heterocycles. The van der Waals surface area contributed by atoms with Crippen molar-refractivity contribution in [2.45, 2.75) is 57.4 Å². The van der Waals surface area contributed by atoms with Gasteiger partial charge < -0.3 is 10.2 Å². The predicted molar refractivity (Wildman–Crippen MR) is 69.9 cm³/mol. The molecule has 0 atom stereocenters. The van der Waals surface area contributed by atoms with Crippen LogP contribution in [0.5, 0.6) is 0 Å². The summed E-state index contributed by atoms with van der Waals surface area (Å²) in [5, 5.41) is 3.36. The Balaban J connectivity index is 1.88. The van der Waals surface area contributed by atoms with Crippen LogP contribution < -0.4 is 5.32 Å². The van der Waals surface area contributed by atoms with Crippen molar-refractivity contribution in [1.29, 1.82) is 0 Å². The minimum absolute atomic E-state index is 0.317. The van der Waals surface area contributed by atoms with Crippen LogP contribution in [0.1, 0.15) is 51.4 Å². The second-order valence-electron chi connectivity index (χ2n) is 5.62. The molecule has 17 heavy (non-hydrogen) atoms. The summed E-state index contributed by atoms with van der Waals surface area (Å²) in [6, 6.07) is 0.479. The van der Waals surface area contributed by atoms with Crippen LogP contribution >= 0.6 is 0 Å². The van der Waals surface area contributed by atoms with Gasteiger partial charge in [0.05, 0.1) is 0 Å². The van der Waals surface area contributed by atoms with Crippen LogP contribution in [0.2, 0.25) is 0 Å². The number of rotatable bonds is 2. The van der Waals surface area contributed by atoms with E-state index in [1.807, 2.05) is 7.05 Å². The van der Waals surface area contributed by atoms with Gasteiger partial charge in [-0.3, -0.25) is 4.79 Å². The molecule has 0 unspecified atom stereocenters. The van der Waals surface area contributed by atoms with Crippen LogP contribution in [0.15, 0.2) is 0 Å². The molecular formula is C14H26N2O. The van der Waals surface area contributed by atoms with E-state index in [9.17, 15) is 4.79 Å². The Kier molecular flexibility index (Phi) is 4.84. The lowest BCUT2D eigenvalue weighted by Gasteiger charge is -2.34. The van der Waals surface area contributed by atoms with E-state index in [0.717, 1.165) is 38.8 Å². The third-order valence-electron chi connectivity index (χ3n) is 4.41. The van der Waals surface area contributed by atoms with Crippen molar-refractivity contribution in [3.05, 3.63) is 0 Å². The molecule has 2 rings (SSSR count). The fourth-order valence-electron chi connectivity index (χ4n) is 3.19. The van der Waals surface area contributed by atoms with Gasteiger partial charge in [0.1, 0.15) is 0 Å². The fraction of sp³-hybridized carbons (Fsp3) is 0.929. The molecule has 0 aromatic rings. The first-order valence-corrected chi connectivity index (χ1v) is 7.26. The Morgan fingerprint density at radius 3 is 2.18 bits per heavy atom. The van der Waals surface area contributed by atoms with Gasteiger partial charge >= 0.3 is 0 Å². The molecular weight excluding hydrogens is 212 g/mol. The molecule has 0 aromatic heterocycles. The zero-order chi connectivity index (χ0) is 12.1. The first kappa shape index (κ1) is 12.9. The van der Waals surface area contributed by atoms with Crippen LogP contribution in [0, 0.1) is 5.92 Å². The highest BCUT2D eigenvalue weighted by Gasteiger charge is 2.28. The van der Waals surface area contributed by atoms with Gasteiger partial charge in [-0.1, -0.05) is 25.7 Å². The summed E-state index contributed by atoms with van der Waals surface area (Å²) in [6.45, 7) is 2.12. The molecule has 0 radical (unpaired) electrons. The fourth-order valence-corrected chi connectivity index (χ4v) is 3.19. The molecule has 0 bridgehead atoms. The molecule has 1 N–H and O–H groups in total. The maximum Gasteiger partial charge on any atom is 0.225 e. The molecule has 1 heterocycles. The Bertz CT molecular complexity index is 241. The Morgan fingerprint density at radius 2 is 1.59 bits per heavy atom. The van der Waals surface area contributed by atoms with E-state index in [2.05, 4.69) is 10.2 Å². The van der Waals surface area contributed by atoms with E-state index in [-0.39, 0.29) is 0 Å². The van der Waals surface area contributed by atoms with E-state index in [1.54, 1.807) is 0 Å². The lowest BCUT2D eigenvalue weighted by molar-refractivity contribution is -0.137. The zero-order valence-corrected chi connectivity index (χ0v) is 11.1. The highest BCUT2D eigenvalue weighted by atomic mass is 16.2. The minimum atomic E-state index is 0.317. The Labute approximate surface area is 105 Å². The molecule has 98 valence electrons. The number of nitrogens with zero attached hydrogens (tertiary/aromatic N) is 1. The van der Waals surface area contributed by atoms with Crippen molar-refractivity contribution in [1.82, 2.24) is 10.2 Å². The molecule has 0 spiro atoms. The van der Waals surface area contributed by atoms with Gasteiger partial charge in [-0.25, -0.2) is 0 Å². The van der Waals surface area contributed by atoms with Gasteiger partial charge in [0.2, 0.25) is 5.91 Å². The van der Waals surface area contributed by atoms with E-state index in [1.165, 1.54) is 25.7 Å². The molecule has 1 amide bonds. The normalized spacial score (nSPS) is 24.3. The quantitative estimate of drug-likeness (QED) is 0.748. The topological polar surface area (TPSA) is 32.3 Å². The number of piperidine rings is 1. The van der Waals surface area contributed by atoms with Gasteiger partial charge in [0.15, 0.2) is 0 Å². The van der Waals surface area contributed by atoms with E-state index in [4.69, 9.17) is 0 Å². The smallest absolute Gasteiger partial charge is 0.225 e. The lowest BCUT2D eigenvalue weighted by Crippen LogP contribution is -2.46. The number of hydrogen-bond donors (Lipinski definition) is 1. The predicted octanol–water partition coefficient (Wildman–Crippen LogP) is 2.17. The third-order valence-corrected chi connectivity index (χ3v) is 4.41. The summed E-state index contributed by atoms with van der Waals surface area (Å²) >= 11 is 0. The summed E-state index contributed by atoms with van der Waals surface area (Å²) < 4.78 is 0. The van der Waals surface area contributed by atoms with Crippen molar-refractivity contribution in [3.8, 4) is 0 Å². The SMILES string of the molecule is CN(C(=O)C1CCCCCC1)C1CCNCC1. The van der Waals surface area contributed by atoms with Crippen LogP contribution in [-0.2, 0) is 4.79 Å². The highest BCUT2D eigenvalue weighted by Crippen LogP contribution is 2.25. The number of carbonyl (C=O) groups excluding carboxylic acids is 1. The van der Waals surface area contributed by atoms with Crippen LogP contribution in [-0.4, -0.2) is 37.0 Å². The van der Waals surface area contributed by atoms with Crippen molar-refractivity contribution in [3.63, 3.8) is 0 Å². The first-order valence-electron chi connectivity index (χ1n) is 7.26. The molecule has 3 nitrogen and oxygen atoms in total. The minimum Gasteiger partial charge on any atom is -0.342 e. The van der Waals surface area contributed by atoms with Gasteiger partial charge in [-0.2, -0.15) is 0 Å². The molecule has 2 fully saturated rings. The van der Waals surface area contributed by atoms with E-state index in [0.29, 0.717) is 17.9 Å². The second kappa shape index (κ2) is 6.39. The summed E-state index contributed by atoms with van der Waals surface area (Å²) in [4.78, 5) is 14.5. The van der Waals surface area contributed by atoms with Crippen molar-refractivity contribution < 1.29 is 4.79 Å². The monoisotopic (exact) mass is 238 g/mol. The first-order chi connectivity index (χ1) is 8.29. The summed E-state index contributed by atoms with van der Waals surface area (Å²) in [5.74, 6) is 0.733. The van der Waals surface area contributed by atoms with E-state index < -0.39 is 0 Å².